The molecular formula is C15H10Br2FNO3. The lowest BCUT2D eigenvalue weighted by Gasteiger charge is -2.09. The number of anilines is 1. The zero-order chi connectivity index (χ0) is 16.3. The number of nitrogens with one attached hydrogen (secondary N) is 1. The van der Waals surface area contributed by atoms with Gasteiger partial charge in [0.05, 0.1) is 23.9 Å². The highest BCUT2D eigenvalue weighted by atomic mass is 79.9. The van der Waals surface area contributed by atoms with Gasteiger partial charge in [-0.2, -0.15) is 0 Å². The minimum Gasteiger partial charge on any atom is -0.465 e. The van der Waals surface area contributed by atoms with E-state index in [0.717, 1.165) is 0 Å². The molecule has 0 heterocycles. The molecule has 0 spiro atoms. The molecule has 2 rings (SSSR count). The molecule has 0 saturated heterocycles. The first-order chi connectivity index (χ1) is 10.4. The molecule has 4 nitrogen and oxygen atoms in total. The van der Waals surface area contributed by atoms with E-state index >= 15 is 0 Å². The molecule has 1 N–H and O–H groups in total. The Balaban J connectivity index is 2.23. The van der Waals surface area contributed by atoms with Crippen LogP contribution in [-0.4, -0.2) is 19.0 Å². The van der Waals surface area contributed by atoms with E-state index in [4.69, 9.17) is 0 Å². The van der Waals surface area contributed by atoms with E-state index in [0.29, 0.717) is 20.2 Å². The van der Waals surface area contributed by atoms with E-state index in [1.54, 1.807) is 6.07 Å². The number of hydrogen-bond donors (Lipinski definition) is 1. The molecule has 2 aromatic rings. The molecule has 0 unspecified atom stereocenters. The Bertz CT molecular complexity index is 750. The lowest BCUT2D eigenvalue weighted by atomic mass is 10.1. The van der Waals surface area contributed by atoms with Crippen LogP contribution in [0, 0.1) is 5.82 Å². The van der Waals surface area contributed by atoms with Crippen molar-refractivity contribution in [2.75, 3.05) is 12.4 Å². The molecule has 0 radical (unpaired) electrons. The number of rotatable bonds is 3. The lowest BCUT2D eigenvalue weighted by molar-refractivity contribution is 0.0600. The summed E-state index contributed by atoms with van der Waals surface area (Å²) in [6, 6.07) is 8.72. The van der Waals surface area contributed by atoms with Crippen LogP contribution in [0.15, 0.2) is 45.3 Å². The molecular weight excluding hydrogens is 421 g/mol. The van der Waals surface area contributed by atoms with Gasteiger partial charge in [0.2, 0.25) is 0 Å². The van der Waals surface area contributed by atoms with Crippen molar-refractivity contribution in [3.05, 3.63) is 62.3 Å². The Morgan fingerprint density at radius 2 is 1.86 bits per heavy atom. The van der Waals surface area contributed by atoms with Gasteiger partial charge in [0.1, 0.15) is 5.82 Å². The van der Waals surface area contributed by atoms with Gasteiger partial charge in [-0.3, -0.25) is 4.79 Å². The van der Waals surface area contributed by atoms with Gasteiger partial charge >= 0.3 is 5.97 Å². The first-order valence-electron chi connectivity index (χ1n) is 6.06. The standard InChI is InChI=1S/C15H10Br2FNO3/c1-22-15(21)8-2-5-13(11(17)6-8)19-14(20)10-4-3-9(16)7-12(10)18/h2-7H,1H3,(H,19,20). The maximum Gasteiger partial charge on any atom is 0.337 e. The first kappa shape index (κ1) is 16.6. The maximum atomic E-state index is 13.8. The summed E-state index contributed by atoms with van der Waals surface area (Å²) in [4.78, 5) is 23.5. The van der Waals surface area contributed by atoms with Crippen molar-refractivity contribution >= 4 is 49.4 Å². The molecule has 0 bridgehead atoms. The maximum absolute atomic E-state index is 13.8. The van der Waals surface area contributed by atoms with Crippen molar-refractivity contribution in [1.29, 1.82) is 0 Å². The number of esters is 1. The van der Waals surface area contributed by atoms with Gasteiger partial charge in [0.15, 0.2) is 0 Å². The molecule has 0 aliphatic heterocycles. The molecule has 0 aliphatic carbocycles. The third kappa shape index (κ3) is 3.72. The number of hydrogen-bond acceptors (Lipinski definition) is 3. The number of methoxy groups -OCH3 is 1. The molecule has 0 aliphatic rings. The molecule has 0 saturated carbocycles. The third-order valence-corrected chi connectivity index (χ3v) is 3.96. The molecule has 0 fully saturated rings. The van der Waals surface area contributed by atoms with Crippen LogP contribution in [0.5, 0.6) is 0 Å². The van der Waals surface area contributed by atoms with Crippen molar-refractivity contribution in [3.63, 3.8) is 0 Å². The van der Waals surface area contributed by atoms with Gasteiger partial charge < -0.3 is 10.1 Å². The monoisotopic (exact) mass is 429 g/mol. The van der Waals surface area contributed by atoms with Gasteiger partial charge in [0.25, 0.3) is 5.91 Å². The van der Waals surface area contributed by atoms with E-state index in [9.17, 15) is 14.0 Å². The minimum atomic E-state index is -0.630. The van der Waals surface area contributed by atoms with E-state index in [2.05, 4.69) is 41.9 Å². The van der Waals surface area contributed by atoms with Gasteiger partial charge in [0, 0.05) is 8.95 Å². The summed E-state index contributed by atoms with van der Waals surface area (Å²) < 4.78 is 19.4. The topological polar surface area (TPSA) is 55.4 Å². The molecule has 1 amide bonds. The van der Waals surface area contributed by atoms with Crippen molar-refractivity contribution in [3.8, 4) is 0 Å². The Kier molecular flexibility index (Phi) is 5.31. The number of halogens is 3. The number of carbonyl (C=O) groups is 2. The van der Waals surface area contributed by atoms with Crippen LogP contribution in [0.3, 0.4) is 0 Å². The van der Waals surface area contributed by atoms with Gasteiger partial charge in [-0.05, 0) is 52.3 Å². The summed E-state index contributed by atoms with van der Waals surface area (Å²) in [6.07, 6.45) is 0. The predicted molar refractivity (Wildman–Crippen MR) is 87.5 cm³/mol. The average Bonchev–Trinajstić information content (AvgIpc) is 2.48. The van der Waals surface area contributed by atoms with Crippen molar-refractivity contribution in [2.24, 2.45) is 0 Å². The van der Waals surface area contributed by atoms with Crippen LogP contribution >= 0.6 is 31.9 Å². The molecule has 22 heavy (non-hydrogen) atoms. The zero-order valence-corrected chi connectivity index (χ0v) is 14.5. The summed E-state index contributed by atoms with van der Waals surface area (Å²) in [7, 11) is 1.28. The van der Waals surface area contributed by atoms with Crippen LogP contribution in [0.25, 0.3) is 0 Å². The van der Waals surface area contributed by atoms with Gasteiger partial charge in [-0.1, -0.05) is 15.9 Å². The average molecular weight is 431 g/mol. The quantitative estimate of drug-likeness (QED) is 0.734. The van der Waals surface area contributed by atoms with Crippen LogP contribution in [-0.2, 0) is 4.74 Å². The highest BCUT2D eigenvalue weighted by Crippen LogP contribution is 2.25. The van der Waals surface area contributed by atoms with Crippen molar-refractivity contribution < 1.29 is 18.7 Å². The summed E-state index contributed by atoms with van der Waals surface area (Å²) in [5.74, 6) is -1.71. The van der Waals surface area contributed by atoms with E-state index in [1.807, 2.05) is 0 Å². The Hall–Kier alpha value is -1.73. The fraction of sp³-hybridized carbons (Fsp3) is 0.0667. The first-order valence-corrected chi connectivity index (χ1v) is 7.65. The van der Waals surface area contributed by atoms with E-state index in [-0.39, 0.29) is 5.56 Å². The highest BCUT2D eigenvalue weighted by Gasteiger charge is 2.14. The largest absolute Gasteiger partial charge is 0.465 e. The Morgan fingerprint density at radius 3 is 2.45 bits per heavy atom. The molecule has 0 atom stereocenters. The van der Waals surface area contributed by atoms with Crippen LogP contribution in [0.1, 0.15) is 20.7 Å². The minimum absolute atomic E-state index is 0.0767. The second-order valence-corrected chi connectivity index (χ2v) is 6.03. The number of carbonyl (C=O) groups excluding carboxylic acids is 2. The lowest BCUT2D eigenvalue weighted by Crippen LogP contribution is -2.14. The summed E-state index contributed by atoms with van der Waals surface area (Å²) in [5, 5.41) is 2.58. The second kappa shape index (κ2) is 7.02. The number of amides is 1. The van der Waals surface area contributed by atoms with Crippen molar-refractivity contribution in [2.45, 2.75) is 0 Å². The van der Waals surface area contributed by atoms with Gasteiger partial charge in [-0.25, -0.2) is 9.18 Å². The number of ether oxygens (including phenoxy) is 1. The van der Waals surface area contributed by atoms with Crippen molar-refractivity contribution in [1.82, 2.24) is 0 Å². The molecule has 0 aromatic heterocycles. The van der Waals surface area contributed by atoms with Gasteiger partial charge in [-0.15, -0.1) is 0 Å². The zero-order valence-electron chi connectivity index (χ0n) is 11.3. The van der Waals surface area contributed by atoms with E-state index in [1.165, 1.54) is 37.4 Å². The fourth-order valence-electron chi connectivity index (χ4n) is 1.72. The van der Waals surface area contributed by atoms with E-state index < -0.39 is 17.7 Å². The summed E-state index contributed by atoms with van der Waals surface area (Å²) >= 11 is 6.38. The second-order valence-electron chi connectivity index (χ2n) is 4.26. The van der Waals surface area contributed by atoms with Crippen LogP contribution in [0.2, 0.25) is 0 Å². The molecule has 2 aromatic carbocycles. The smallest absolute Gasteiger partial charge is 0.337 e. The highest BCUT2D eigenvalue weighted by molar-refractivity contribution is 9.10. The fourth-order valence-corrected chi connectivity index (χ4v) is 2.54. The van der Waals surface area contributed by atoms with Crippen LogP contribution < -0.4 is 5.32 Å². The Labute approximate surface area is 142 Å². The predicted octanol–water partition coefficient (Wildman–Crippen LogP) is 4.39. The molecule has 7 heteroatoms. The number of benzene rings is 2. The summed E-state index contributed by atoms with van der Waals surface area (Å²) in [6.45, 7) is 0. The molecule has 114 valence electrons. The Morgan fingerprint density at radius 1 is 1.14 bits per heavy atom. The third-order valence-electron chi connectivity index (χ3n) is 2.81. The normalized spacial score (nSPS) is 10.2. The van der Waals surface area contributed by atoms with Crippen LogP contribution in [0.4, 0.5) is 10.1 Å². The summed E-state index contributed by atoms with van der Waals surface area (Å²) in [5.41, 5.74) is 0.675. The SMILES string of the molecule is COC(=O)c1ccc(NC(=O)c2ccc(Br)cc2F)c(Br)c1.